The molecule has 0 unspecified atom stereocenters. The number of nitrogens with one attached hydrogen (secondary N) is 1. The van der Waals surface area contributed by atoms with Crippen molar-refractivity contribution in [2.45, 2.75) is 13.5 Å². The summed E-state index contributed by atoms with van der Waals surface area (Å²) in [5, 5.41) is 11.4. The van der Waals surface area contributed by atoms with Crippen molar-refractivity contribution in [2.75, 3.05) is 11.1 Å². The fourth-order valence-electron chi connectivity index (χ4n) is 2.23. The zero-order valence-electron chi connectivity index (χ0n) is 12.5. The molecule has 0 aliphatic carbocycles. The summed E-state index contributed by atoms with van der Waals surface area (Å²) in [5.41, 5.74) is 10.3. The number of hydrogen-bond acceptors (Lipinski definition) is 4. The number of nitrogens with two attached hydrogens (primary N) is 1. The third-order valence-corrected chi connectivity index (χ3v) is 3.50. The van der Waals surface area contributed by atoms with Gasteiger partial charge in [0.25, 0.3) is 0 Å². The Balaban J connectivity index is 1.79. The Kier molecular flexibility index (Phi) is 4.01. The molecule has 4 nitrogen and oxygen atoms in total. The predicted octanol–water partition coefficient (Wildman–Crippen LogP) is 3.65. The van der Waals surface area contributed by atoms with Gasteiger partial charge in [-0.3, -0.25) is 0 Å². The molecular formula is C18H18N4. The van der Waals surface area contributed by atoms with Gasteiger partial charge in [0.15, 0.2) is 5.82 Å². The molecule has 2 aromatic carbocycles. The number of benzene rings is 2. The van der Waals surface area contributed by atoms with E-state index in [2.05, 4.69) is 46.7 Å². The summed E-state index contributed by atoms with van der Waals surface area (Å²) in [7, 11) is 0. The summed E-state index contributed by atoms with van der Waals surface area (Å²) in [6.07, 6.45) is 0. The van der Waals surface area contributed by atoms with Gasteiger partial charge in [-0.25, -0.2) is 0 Å². The average molecular weight is 290 g/mol. The topological polar surface area (TPSA) is 63.8 Å². The van der Waals surface area contributed by atoms with Crippen LogP contribution in [0, 0.1) is 6.92 Å². The molecule has 0 spiro atoms. The summed E-state index contributed by atoms with van der Waals surface area (Å²) >= 11 is 0. The van der Waals surface area contributed by atoms with E-state index in [1.54, 1.807) is 0 Å². The van der Waals surface area contributed by atoms with Crippen LogP contribution in [0.4, 0.5) is 11.6 Å². The number of nitrogen functional groups attached to an aromatic ring is 1. The van der Waals surface area contributed by atoms with Gasteiger partial charge in [0.05, 0.1) is 0 Å². The third kappa shape index (κ3) is 3.23. The van der Waals surface area contributed by atoms with Crippen molar-refractivity contribution in [1.29, 1.82) is 0 Å². The summed E-state index contributed by atoms with van der Waals surface area (Å²) in [6, 6.07) is 20.3. The molecular weight excluding hydrogens is 272 g/mol. The SMILES string of the molecule is Cc1ccc(CNc2cc(-c3ccccc3)c(N)nn2)cc1. The van der Waals surface area contributed by atoms with Crippen LogP contribution >= 0.6 is 0 Å². The number of aromatic nitrogens is 2. The van der Waals surface area contributed by atoms with Crippen LogP contribution in [-0.2, 0) is 6.54 Å². The van der Waals surface area contributed by atoms with Crippen LogP contribution in [0.3, 0.4) is 0 Å². The van der Waals surface area contributed by atoms with Crippen LogP contribution in [0.15, 0.2) is 60.7 Å². The van der Waals surface area contributed by atoms with Gasteiger partial charge in [-0.15, -0.1) is 10.2 Å². The summed E-state index contributed by atoms with van der Waals surface area (Å²) < 4.78 is 0. The zero-order valence-corrected chi connectivity index (χ0v) is 12.5. The minimum Gasteiger partial charge on any atom is -0.382 e. The van der Waals surface area contributed by atoms with E-state index in [0.717, 1.165) is 11.1 Å². The molecule has 0 aliphatic rings. The van der Waals surface area contributed by atoms with Gasteiger partial charge in [-0.05, 0) is 24.1 Å². The molecule has 0 aliphatic heterocycles. The lowest BCUT2D eigenvalue weighted by Gasteiger charge is -2.09. The fraction of sp³-hybridized carbons (Fsp3) is 0.111. The molecule has 1 aromatic heterocycles. The Bertz CT molecular complexity index is 752. The molecule has 3 N–H and O–H groups in total. The molecule has 0 saturated carbocycles. The van der Waals surface area contributed by atoms with Crippen molar-refractivity contribution < 1.29 is 0 Å². The second-order valence-electron chi connectivity index (χ2n) is 5.23. The van der Waals surface area contributed by atoms with E-state index in [1.165, 1.54) is 11.1 Å². The monoisotopic (exact) mass is 290 g/mol. The molecule has 110 valence electrons. The molecule has 3 rings (SSSR count). The first-order chi connectivity index (χ1) is 10.7. The summed E-state index contributed by atoms with van der Waals surface area (Å²) in [6.45, 7) is 2.78. The van der Waals surface area contributed by atoms with Crippen molar-refractivity contribution in [3.8, 4) is 11.1 Å². The molecule has 0 bridgehead atoms. The van der Waals surface area contributed by atoms with Gasteiger partial charge in [-0.1, -0.05) is 60.2 Å². The van der Waals surface area contributed by atoms with E-state index < -0.39 is 0 Å². The molecule has 0 fully saturated rings. The Labute approximate surface area is 130 Å². The Morgan fingerprint density at radius 1 is 0.955 bits per heavy atom. The highest BCUT2D eigenvalue weighted by Crippen LogP contribution is 2.25. The van der Waals surface area contributed by atoms with Gasteiger partial charge in [0.1, 0.15) is 5.82 Å². The van der Waals surface area contributed by atoms with Gasteiger partial charge < -0.3 is 11.1 Å². The molecule has 0 atom stereocenters. The molecule has 0 radical (unpaired) electrons. The second-order valence-corrected chi connectivity index (χ2v) is 5.23. The van der Waals surface area contributed by atoms with E-state index in [0.29, 0.717) is 18.2 Å². The van der Waals surface area contributed by atoms with E-state index in [4.69, 9.17) is 5.73 Å². The Hall–Kier alpha value is -2.88. The molecule has 22 heavy (non-hydrogen) atoms. The van der Waals surface area contributed by atoms with Crippen LogP contribution in [0.2, 0.25) is 0 Å². The van der Waals surface area contributed by atoms with E-state index in [9.17, 15) is 0 Å². The molecule has 3 aromatic rings. The number of anilines is 2. The maximum atomic E-state index is 5.94. The van der Waals surface area contributed by atoms with Crippen molar-refractivity contribution in [2.24, 2.45) is 0 Å². The minimum absolute atomic E-state index is 0.437. The number of aryl methyl sites for hydroxylation is 1. The Morgan fingerprint density at radius 3 is 2.41 bits per heavy atom. The van der Waals surface area contributed by atoms with Gasteiger partial charge >= 0.3 is 0 Å². The van der Waals surface area contributed by atoms with Crippen molar-refractivity contribution in [3.05, 3.63) is 71.8 Å². The van der Waals surface area contributed by atoms with E-state index in [1.807, 2.05) is 36.4 Å². The normalized spacial score (nSPS) is 10.4. The summed E-state index contributed by atoms with van der Waals surface area (Å²) in [4.78, 5) is 0. The maximum absolute atomic E-state index is 5.94. The van der Waals surface area contributed by atoms with E-state index >= 15 is 0 Å². The van der Waals surface area contributed by atoms with Crippen LogP contribution in [0.5, 0.6) is 0 Å². The van der Waals surface area contributed by atoms with Crippen molar-refractivity contribution in [1.82, 2.24) is 10.2 Å². The van der Waals surface area contributed by atoms with Crippen LogP contribution in [0.25, 0.3) is 11.1 Å². The zero-order chi connectivity index (χ0) is 15.4. The molecule has 0 amide bonds. The fourth-order valence-corrected chi connectivity index (χ4v) is 2.23. The highest BCUT2D eigenvalue weighted by atomic mass is 15.2. The number of nitrogens with zero attached hydrogens (tertiary/aromatic N) is 2. The smallest absolute Gasteiger partial charge is 0.154 e. The first-order valence-electron chi connectivity index (χ1n) is 7.20. The maximum Gasteiger partial charge on any atom is 0.154 e. The van der Waals surface area contributed by atoms with Gasteiger partial charge in [-0.2, -0.15) is 0 Å². The summed E-state index contributed by atoms with van der Waals surface area (Å²) in [5.74, 6) is 1.15. The van der Waals surface area contributed by atoms with Crippen LogP contribution in [0.1, 0.15) is 11.1 Å². The first-order valence-corrected chi connectivity index (χ1v) is 7.20. The Morgan fingerprint density at radius 2 is 1.68 bits per heavy atom. The lowest BCUT2D eigenvalue weighted by Crippen LogP contribution is -2.05. The van der Waals surface area contributed by atoms with Crippen molar-refractivity contribution in [3.63, 3.8) is 0 Å². The third-order valence-electron chi connectivity index (χ3n) is 3.50. The van der Waals surface area contributed by atoms with E-state index in [-0.39, 0.29) is 0 Å². The van der Waals surface area contributed by atoms with Gasteiger partial charge in [0.2, 0.25) is 0 Å². The van der Waals surface area contributed by atoms with Crippen molar-refractivity contribution >= 4 is 11.6 Å². The largest absolute Gasteiger partial charge is 0.382 e. The minimum atomic E-state index is 0.437. The number of hydrogen-bond donors (Lipinski definition) is 2. The molecule has 1 heterocycles. The quantitative estimate of drug-likeness (QED) is 0.770. The second kappa shape index (κ2) is 6.26. The standard InChI is InChI=1S/C18H18N4/c1-13-7-9-14(10-8-13)12-20-17-11-16(18(19)22-21-17)15-5-3-2-4-6-15/h2-11H,12H2,1H3,(H2,19,22)(H,20,21). The highest BCUT2D eigenvalue weighted by molar-refractivity contribution is 5.75. The average Bonchev–Trinajstić information content (AvgIpc) is 2.56. The highest BCUT2D eigenvalue weighted by Gasteiger charge is 2.06. The number of rotatable bonds is 4. The first kappa shape index (κ1) is 14.1. The lowest BCUT2D eigenvalue weighted by atomic mass is 10.1. The van der Waals surface area contributed by atoms with Crippen LogP contribution in [-0.4, -0.2) is 10.2 Å². The molecule has 0 saturated heterocycles. The molecule has 4 heteroatoms. The predicted molar refractivity (Wildman–Crippen MR) is 90.4 cm³/mol. The van der Waals surface area contributed by atoms with Crippen LogP contribution < -0.4 is 11.1 Å². The lowest BCUT2D eigenvalue weighted by molar-refractivity contribution is 1.01. The van der Waals surface area contributed by atoms with Gasteiger partial charge in [0, 0.05) is 12.1 Å².